The molecule has 2 saturated carbocycles. The standard InChI is InChI=1S/C40H41N5O5/c1-21-28-11-9-25(37(47)45-20-27-13-14-40(45,39(2,3)4)34(27)50-38(41)48)17-32(28)49-33(21)31-16-24-10-12-30(43-35(24)44(31)19-22-5-6-22)23-7-8-26-18-42-36(46)29(26)15-23/h7-12,15-17,22,27,34H,5-6,13-14,18-20H2,1-4H3,(H2,41,48)(H,42,46)/t27?,34-,40?/m1/s1. The molecule has 3 N–H and O–H groups in total. The second-order valence-electron chi connectivity index (χ2n) is 15.8. The first-order valence-corrected chi connectivity index (χ1v) is 17.7. The zero-order chi connectivity index (χ0) is 34.7. The number of likely N-dealkylation sites (tertiary alicyclic amines) is 1. The van der Waals surface area contributed by atoms with Crippen molar-refractivity contribution in [2.75, 3.05) is 6.54 Å². The Hall–Kier alpha value is -5.12. The number of nitrogens with two attached hydrogens (primary N) is 1. The Balaban J connectivity index is 1.10. The van der Waals surface area contributed by atoms with E-state index in [2.05, 4.69) is 49.7 Å². The van der Waals surface area contributed by atoms with E-state index in [0.717, 1.165) is 69.6 Å². The Morgan fingerprint density at radius 1 is 1.08 bits per heavy atom. The van der Waals surface area contributed by atoms with Gasteiger partial charge < -0.3 is 29.7 Å². The number of carbonyl (C=O) groups excluding carboxylic acids is 3. The van der Waals surface area contributed by atoms with Crippen LogP contribution in [0.5, 0.6) is 0 Å². The first kappa shape index (κ1) is 30.9. The molecule has 2 aliphatic carbocycles. The molecule has 50 heavy (non-hydrogen) atoms. The van der Waals surface area contributed by atoms with Crippen molar-refractivity contribution in [2.45, 2.75) is 78.1 Å². The number of hydrogen-bond acceptors (Lipinski definition) is 6. The van der Waals surface area contributed by atoms with Gasteiger partial charge in [0, 0.05) is 58.6 Å². The summed E-state index contributed by atoms with van der Waals surface area (Å²) in [5.74, 6) is 1.26. The van der Waals surface area contributed by atoms with Crippen LogP contribution in [0.4, 0.5) is 4.79 Å². The number of benzene rings is 2. The zero-order valence-corrected chi connectivity index (χ0v) is 28.8. The molecule has 256 valence electrons. The summed E-state index contributed by atoms with van der Waals surface area (Å²) in [6.45, 7) is 10.3. The molecule has 3 aromatic heterocycles. The highest BCUT2D eigenvalue weighted by Gasteiger charge is 2.66. The maximum absolute atomic E-state index is 14.3. The molecule has 3 atom stereocenters. The van der Waals surface area contributed by atoms with Crippen LogP contribution >= 0.6 is 0 Å². The van der Waals surface area contributed by atoms with Crippen LogP contribution in [0.25, 0.3) is 44.7 Å². The van der Waals surface area contributed by atoms with Gasteiger partial charge in [0.05, 0.1) is 16.9 Å². The number of amides is 3. The number of aromatic nitrogens is 2. The number of hydrogen-bond donors (Lipinski definition) is 2. The fraction of sp³-hybridized carbons (Fsp3) is 0.400. The van der Waals surface area contributed by atoms with E-state index in [1.807, 2.05) is 47.4 Å². The van der Waals surface area contributed by atoms with E-state index in [1.54, 1.807) is 0 Å². The third kappa shape index (κ3) is 4.53. The summed E-state index contributed by atoms with van der Waals surface area (Å²) in [6.07, 6.45) is 2.76. The van der Waals surface area contributed by atoms with Crippen molar-refractivity contribution in [3.05, 3.63) is 76.9 Å². The van der Waals surface area contributed by atoms with Gasteiger partial charge in [-0.25, -0.2) is 9.78 Å². The molecule has 4 aliphatic rings. The average Bonchev–Trinajstić information content (AvgIpc) is 3.30. The van der Waals surface area contributed by atoms with Crippen LogP contribution in [-0.2, 0) is 17.8 Å². The minimum absolute atomic E-state index is 0.0461. The highest BCUT2D eigenvalue weighted by atomic mass is 16.6. The maximum Gasteiger partial charge on any atom is 0.404 e. The van der Waals surface area contributed by atoms with E-state index in [1.165, 1.54) is 12.8 Å². The Labute approximate surface area is 290 Å². The van der Waals surface area contributed by atoms with Crippen LogP contribution < -0.4 is 11.1 Å². The van der Waals surface area contributed by atoms with Crippen molar-refractivity contribution >= 4 is 39.9 Å². The van der Waals surface area contributed by atoms with Gasteiger partial charge in [-0.2, -0.15) is 0 Å². The summed E-state index contributed by atoms with van der Waals surface area (Å²) >= 11 is 0. The molecule has 2 aliphatic heterocycles. The van der Waals surface area contributed by atoms with E-state index in [-0.39, 0.29) is 23.1 Å². The third-order valence-electron chi connectivity index (χ3n) is 11.9. The molecule has 2 unspecified atom stereocenters. The normalized spacial score (nSPS) is 22.8. The molecule has 2 bridgehead atoms. The number of nitrogens with one attached hydrogen (secondary N) is 1. The van der Waals surface area contributed by atoms with E-state index < -0.39 is 17.7 Å². The minimum atomic E-state index is -0.798. The largest absolute Gasteiger partial charge is 0.454 e. The summed E-state index contributed by atoms with van der Waals surface area (Å²) < 4.78 is 14.7. The third-order valence-corrected chi connectivity index (χ3v) is 11.9. The first-order valence-electron chi connectivity index (χ1n) is 17.7. The number of carbonyl (C=O) groups is 3. The van der Waals surface area contributed by atoms with Gasteiger partial charge in [0.15, 0.2) is 5.76 Å². The second-order valence-corrected chi connectivity index (χ2v) is 15.8. The van der Waals surface area contributed by atoms with Gasteiger partial charge in [-0.05, 0) is 85.9 Å². The predicted octanol–water partition coefficient (Wildman–Crippen LogP) is 7.19. The van der Waals surface area contributed by atoms with Crippen molar-refractivity contribution in [3.63, 3.8) is 0 Å². The monoisotopic (exact) mass is 671 g/mol. The molecular weight excluding hydrogens is 630 g/mol. The Morgan fingerprint density at radius 3 is 2.66 bits per heavy atom. The van der Waals surface area contributed by atoms with Gasteiger partial charge >= 0.3 is 6.09 Å². The number of primary amides is 1. The van der Waals surface area contributed by atoms with Crippen LogP contribution in [0.1, 0.15) is 78.3 Å². The molecule has 10 heteroatoms. The van der Waals surface area contributed by atoms with Crippen molar-refractivity contribution in [1.29, 1.82) is 0 Å². The summed E-state index contributed by atoms with van der Waals surface area (Å²) in [7, 11) is 0. The fourth-order valence-corrected chi connectivity index (χ4v) is 9.10. The number of rotatable bonds is 6. The van der Waals surface area contributed by atoms with Crippen molar-refractivity contribution in [2.24, 2.45) is 23.0 Å². The molecular formula is C40H41N5O5. The fourth-order valence-electron chi connectivity index (χ4n) is 9.10. The topological polar surface area (TPSA) is 133 Å². The van der Waals surface area contributed by atoms with E-state index in [4.69, 9.17) is 19.9 Å². The summed E-state index contributed by atoms with van der Waals surface area (Å²) in [4.78, 5) is 45.7. The highest BCUT2D eigenvalue weighted by molar-refractivity contribution is 6.01. The molecule has 10 nitrogen and oxygen atoms in total. The number of aryl methyl sites for hydroxylation is 1. The minimum Gasteiger partial charge on any atom is -0.454 e. The van der Waals surface area contributed by atoms with E-state index in [9.17, 15) is 14.4 Å². The first-order chi connectivity index (χ1) is 23.9. The van der Waals surface area contributed by atoms with Gasteiger partial charge in [-0.15, -0.1) is 0 Å². The van der Waals surface area contributed by atoms with Gasteiger partial charge in [0.1, 0.15) is 17.3 Å². The number of nitrogens with zero attached hydrogens (tertiary/aromatic N) is 3. The van der Waals surface area contributed by atoms with Gasteiger partial charge in [-0.3, -0.25) is 9.59 Å². The van der Waals surface area contributed by atoms with Crippen LogP contribution in [-0.4, -0.2) is 50.5 Å². The number of piperidine rings is 1. The molecule has 5 aromatic rings. The quantitative estimate of drug-likeness (QED) is 0.196. The van der Waals surface area contributed by atoms with Gasteiger partial charge in [0.2, 0.25) is 0 Å². The van der Waals surface area contributed by atoms with Crippen molar-refractivity contribution in [3.8, 4) is 22.7 Å². The van der Waals surface area contributed by atoms with E-state index in [0.29, 0.717) is 35.7 Å². The molecule has 5 heterocycles. The zero-order valence-electron chi connectivity index (χ0n) is 28.8. The number of furan rings is 1. The maximum atomic E-state index is 14.3. The molecule has 9 rings (SSSR count). The number of pyridine rings is 1. The summed E-state index contributed by atoms with van der Waals surface area (Å²) in [5, 5.41) is 4.87. The average molecular weight is 672 g/mol. The lowest BCUT2D eigenvalue weighted by Gasteiger charge is -2.49. The highest BCUT2D eigenvalue weighted by Crippen LogP contribution is 2.57. The molecule has 0 radical (unpaired) electrons. The van der Waals surface area contributed by atoms with Crippen LogP contribution in [0.15, 0.2) is 59.0 Å². The lowest BCUT2D eigenvalue weighted by molar-refractivity contribution is -0.0359. The lowest BCUT2D eigenvalue weighted by atomic mass is 9.70. The van der Waals surface area contributed by atoms with Gasteiger partial charge in [-0.1, -0.05) is 39.0 Å². The Kier molecular flexibility index (Phi) is 6.61. The molecule has 1 saturated heterocycles. The molecule has 3 fully saturated rings. The Bertz CT molecular complexity index is 2270. The van der Waals surface area contributed by atoms with Crippen LogP contribution in [0, 0.1) is 24.2 Å². The predicted molar refractivity (Wildman–Crippen MR) is 189 cm³/mol. The second kappa shape index (κ2) is 10.7. The lowest BCUT2D eigenvalue weighted by Crippen LogP contribution is -2.60. The molecule has 3 amide bonds. The van der Waals surface area contributed by atoms with Crippen molar-refractivity contribution < 1.29 is 23.5 Å². The van der Waals surface area contributed by atoms with Crippen LogP contribution in [0.2, 0.25) is 0 Å². The number of fused-ring (bicyclic) bond motifs is 5. The summed E-state index contributed by atoms with van der Waals surface area (Å²) in [5.41, 5.74) is 12.0. The number of ether oxygens (including phenoxy) is 1. The summed E-state index contributed by atoms with van der Waals surface area (Å²) in [6, 6.07) is 17.9. The smallest absolute Gasteiger partial charge is 0.404 e. The molecule has 0 spiro atoms. The van der Waals surface area contributed by atoms with Crippen LogP contribution in [0.3, 0.4) is 0 Å². The Morgan fingerprint density at radius 2 is 1.90 bits per heavy atom. The molecule has 2 aromatic carbocycles. The van der Waals surface area contributed by atoms with Crippen molar-refractivity contribution in [1.82, 2.24) is 19.8 Å². The van der Waals surface area contributed by atoms with Gasteiger partial charge in [0.25, 0.3) is 11.8 Å². The SMILES string of the molecule is Cc1c(-c2cc3ccc(-c4ccc5c(c4)C(=O)NC5)nc3n2CC2CC2)oc2cc(C(=O)N3CC4CCC3(C(C)(C)C)[C@@H]4OC(N)=O)ccc12. The van der Waals surface area contributed by atoms with E-state index >= 15 is 0 Å².